The average molecular weight is 486 g/mol. The van der Waals surface area contributed by atoms with Gasteiger partial charge < -0.3 is 19.5 Å². The third-order valence-electron chi connectivity index (χ3n) is 5.95. The van der Waals surface area contributed by atoms with Crippen molar-refractivity contribution in [2.45, 2.75) is 32.3 Å². The van der Waals surface area contributed by atoms with Gasteiger partial charge in [0.2, 0.25) is 0 Å². The van der Waals surface area contributed by atoms with E-state index < -0.39 is 6.09 Å². The molecular formula is C31H35NO4. The Morgan fingerprint density at radius 1 is 1.00 bits per heavy atom. The lowest BCUT2D eigenvalue weighted by molar-refractivity contribution is 0.139. The predicted molar refractivity (Wildman–Crippen MR) is 146 cm³/mol. The molecule has 3 rings (SSSR count). The van der Waals surface area contributed by atoms with Crippen molar-refractivity contribution in [3.63, 3.8) is 0 Å². The van der Waals surface area contributed by atoms with E-state index in [2.05, 4.69) is 31.4 Å². The Morgan fingerprint density at radius 2 is 1.72 bits per heavy atom. The average Bonchev–Trinajstić information content (AvgIpc) is 2.89. The van der Waals surface area contributed by atoms with Crippen LogP contribution in [0.5, 0.6) is 11.5 Å². The maximum atomic E-state index is 11.3. The van der Waals surface area contributed by atoms with Crippen LogP contribution in [0.4, 0.5) is 4.79 Å². The molecule has 0 aromatic heterocycles. The van der Waals surface area contributed by atoms with Crippen molar-refractivity contribution in [2.24, 2.45) is 0 Å². The van der Waals surface area contributed by atoms with Gasteiger partial charge in [0, 0.05) is 25.6 Å². The Balaban J connectivity index is 1.97. The SMILES string of the molecule is C=CCc1ccc(OCC)c(-c2ccc(OC(CCN(C)C(=O)O)c3ccccc3)c(CC=C)c2)c1. The highest BCUT2D eigenvalue weighted by molar-refractivity contribution is 5.73. The van der Waals surface area contributed by atoms with E-state index in [9.17, 15) is 9.90 Å². The van der Waals surface area contributed by atoms with Gasteiger partial charge in [-0.05, 0) is 66.3 Å². The highest BCUT2D eigenvalue weighted by atomic mass is 16.5. The number of allylic oxidation sites excluding steroid dienone is 2. The molecule has 36 heavy (non-hydrogen) atoms. The Bertz CT molecular complexity index is 1170. The lowest BCUT2D eigenvalue weighted by atomic mass is 9.97. The van der Waals surface area contributed by atoms with Crippen molar-refractivity contribution in [2.75, 3.05) is 20.2 Å². The zero-order valence-electron chi connectivity index (χ0n) is 21.2. The van der Waals surface area contributed by atoms with Gasteiger partial charge in [0.15, 0.2) is 0 Å². The van der Waals surface area contributed by atoms with Crippen LogP contribution in [0.25, 0.3) is 11.1 Å². The molecule has 3 aromatic carbocycles. The number of hydrogen-bond donors (Lipinski definition) is 1. The monoisotopic (exact) mass is 485 g/mol. The normalized spacial score (nSPS) is 11.4. The first-order chi connectivity index (χ1) is 17.5. The van der Waals surface area contributed by atoms with Crippen molar-refractivity contribution >= 4 is 6.09 Å². The van der Waals surface area contributed by atoms with E-state index >= 15 is 0 Å². The zero-order valence-corrected chi connectivity index (χ0v) is 21.2. The zero-order chi connectivity index (χ0) is 25.9. The van der Waals surface area contributed by atoms with Crippen LogP contribution in [0.15, 0.2) is 92.0 Å². The highest BCUT2D eigenvalue weighted by Crippen LogP contribution is 2.36. The summed E-state index contributed by atoms with van der Waals surface area (Å²) in [5.74, 6) is 1.59. The van der Waals surface area contributed by atoms with Gasteiger partial charge in [-0.15, -0.1) is 13.2 Å². The maximum absolute atomic E-state index is 11.3. The standard InChI is InChI=1S/C31H35NO4/c1-5-11-23-15-17-30(35-7-3)27(21-23)25-16-18-28(26(22-25)12-6-2)36-29(19-20-32(4)31(33)34)24-13-9-8-10-14-24/h5-6,8-10,13-18,21-22,29H,1-2,7,11-12,19-20H2,3-4H3,(H,33,34). The summed E-state index contributed by atoms with van der Waals surface area (Å²) in [4.78, 5) is 12.6. The van der Waals surface area contributed by atoms with Gasteiger partial charge in [-0.1, -0.05) is 54.6 Å². The number of rotatable bonds is 13. The molecule has 1 unspecified atom stereocenters. The molecule has 0 heterocycles. The van der Waals surface area contributed by atoms with Crippen LogP contribution in [-0.4, -0.2) is 36.3 Å². The molecule has 0 aliphatic rings. The summed E-state index contributed by atoms with van der Waals surface area (Å²) in [7, 11) is 1.57. The predicted octanol–water partition coefficient (Wildman–Crippen LogP) is 7.33. The van der Waals surface area contributed by atoms with E-state index in [1.165, 1.54) is 10.5 Å². The van der Waals surface area contributed by atoms with Crippen LogP contribution in [0.1, 0.15) is 36.1 Å². The molecule has 1 N–H and O–H groups in total. The second-order valence-electron chi connectivity index (χ2n) is 8.58. The molecule has 0 saturated heterocycles. The quantitative estimate of drug-likeness (QED) is 0.258. The van der Waals surface area contributed by atoms with Gasteiger partial charge in [-0.25, -0.2) is 4.79 Å². The molecular weight excluding hydrogens is 450 g/mol. The molecule has 1 atom stereocenters. The molecule has 0 spiro atoms. The lowest BCUT2D eigenvalue weighted by Crippen LogP contribution is -2.27. The summed E-state index contributed by atoms with van der Waals surface area (Å²) in [5, 5.41) is 9.28. The van der Waals surface area contributed by atoms with Gasteiger partial charge in [-0.3, -0.25) is 0 Å². The topological polar surface area (TPSA) is 59.0 Å². The summed E-state index contributed by atoms with van der Waals surface area (Å²) in [6, 6.07) is 22.3. The fourth-order valence-electron chi connectivity index (χ4n) is 4.08. The number of amides is 1. The number of benzene rings is 3. The smallest absolute Gasteiger partial charge is 0.407 e. The molecule has 0 radical (unpaired) electrons. The van der Waals surface area contributed by atoms with Crippen molar-refractivity contribution in [1.29, 1.82) is 0 Å². The molecule has 5 nitrogen and oxygen atoms in total. The number of nitrogens with zero attached hydrogens (tertiary/aromatic N) is 1. The second kappa shape index (κ2) is 13.2. The molecule has 0 aliphatic carbocycles. The molecule has 0 bridgehead atoms. The van der Waals surface area contributed by atoms with E-state index in [0.717, 1.165) is 40.2 Å². The molecule has 0 aliphatic heterocycles. The Kier molecular flexibility index (Phi) is 9.75. The summed E-state index contributed by atoms with van der Waals surface area (Å²) in [6.45, 7) is 10.7. The summed E-state index contributed by atoms with van der Waals surface area (Å²) in [6.07, 6.45) is 4.45. The number of hydrogen-bond acceptors (Lipinski definition) is 3. The van der Waals surface area contributed by atoms with Crippen LogP contribution in [-0.2, 0) is 12.8 Å². The van der Waals surface area contributed by atoms with E-state index in [1.807, 2.05) is 67.6 Å². The third-order valence-corrected chi connectivity index (χ3v) is 5.95. The fourth-order valence-corrected chi connectivity index (χ4v) is 4.08. The van der Waals surface area contributed by atoms with E-state index in [0.29, 0.717) is 26.0 Å². The molecule has 5 heteroatoms. The Hall–Kier alpha value is -3.99. The minimum absolute atomic E-state index is 0.294. The van der Waals surface area contributed by atoms with E-state index in [1.54, 1.807) is 7.05 Å². The van der Waals surface area contributed by atoms with E-state index in [4.69, 9.17) is 9.47 Å². The minimum Gasteiger partial charge on any atom is -0.493 e. The van der Waals surface area contributed by atoms with Crippen molar-refractivity contribution in [3.05, 3.63) is 109 Å². The van der Waals surface area contributed by atoms with Gasteiger partial charge in [0.1, 0.15) is 17.6 Å². The number of ether oxygens (including phenoxy) is 2. The molecule has 0 fully saturated rings. The van der Waals surface area contributed by atoms with Gasteiger partial charge in [0.25, 0.3) is 0 Å². The Morgan fingerprint density at radius 3 is 2.39 bits per heavy atom. The molecule has 1 amide bonds. The minimum atomic E-state index is -0.956. The molecule has 0 saturated carbocycles. The first kappa shape index (κ1) is 26.6. The summed E-state index contributed by atoms with van der Waals surface area (Å²) < 4.78 is 12.5. The van der Waals surface area contributed by atoms with Crippen LogP contribution in [0.3, 0.4) is 0 Å². The van der Waals surface area contributed by atoms with Crippen molar-refractivity contribution in [3.8, 4) is 22.6 Å². The van der Waals surface area contributed by atoms with Gasteiger partial charge >= 0.3 is 6.09 Å². The number of carbonyl (C=O) groups is 1. The Labute approximate surface area is 214 Å². The first-order valence-electron chi connectivity index (χ1n) is 12.2. The highest BCUT2D eigenvalue weighted by Gasteiger charge is 2.18. The van der Waals surface area contributed by atoms with Crippen LogP contribution < -0.4 is 9.47 Å². The second-order valence-corrected chi connectivity index (χ2v) is 8.58. The van der Waals surface area contributed by atoms with Crippen molar-refractivity contribution < 1.29 is 19.4 Å². The first-order valence-corrected chi connectivity index (χ1v) is 12.2. The van der Waals surface area contributed by atoms with Gasteiger partial charge in [0.05, 0.1) is 6.61 Å². The fraction of sp³-hybridized carbons (Fsp3) is 0.258. The van der Waals surface area contributed by atoms with Crippen molar-refractivity contribution in [1.82, 2.24) is 4.90 Å². The molecule has 3 aromatic rings. The molecule has 188 valence electrons. The maximum Gasteiger partial charge on any atom is 0.407 e. The summed E-state index contributed by atoms with van der Waals surface area (Å²) >= 11 is 0. The lowest BCUT2D eigenvalue weighted by Gasteiger charge is -2.24. The van der Waals surface area contributed by atoms with E-state index in [-0.39, 0.29) is 6.10 Å². The van der Waals surface area contributed by atoms with Gasteiger partial charge in [-0.2, -0.15) is 0 Å². The largest absolute Gasteiger partial charge is 0.493 e. The van der Waals surface area contributed by atoms with Crippen LogP contribution >= 0.6 is 0 Å². The number of carboxylic acid groups (broad SMARTS) is 1. The van der Waals surface area contributed by atoms with Crippen LogP contribution in [0, 0.1) is 0 Å². The third kappa shape index (κ3) is 7.01. The summed E-state index contributed by atoms with van der Waals surface area (Å²) in [5.41, 5.74) is 5.24. The van der Waals surface area contributed by atoms with Crippen LogP contribution in [0.2, 0.25) is 0 Å².